The molecular formula is C15H23NO. The lowest BCUT2D eigenvalue weighted by Gasteiger charge is -2.31. The highest BCUT2D eigenvalue weighted by Gasteiger charge is 2.18. The van der Waals surface area contributed by atoms with Gasteiger partial charge in [-0.15, -0.1) is 0 Å². The fourth-order valence-corrected chi connectivity index (χ4v) is 2.63. The number of phenolic OH excluding ortho intramolecular Hbond substituents is 1. The number of rotatable bonds is 3. The summed E-state index contributed by atoms with van der Waals surface area (Å²) in [4.78, 5) is 2.46. The number of benzene rings is 1. The van der Waals surface area contributed by atoms with Crippen LogP contribution in [-0.2, 0) is 6.54 Å². The third-order valence-electron chi connectivity index (χ3n) is 3.91. The summed E-state index contributed by atoms with van der Waals surface area (Å²) in [5, 5.41) is 9.84. The van der Waals surface area contributed by atoms with E-state index in [1.165, 1.54) is 37.9 Å². The Bertz CT molecular complexity index is 367. The number of piperidine rings is 1. The van der Waals surface area contributed by atoms with E-state index in [0.717, 1.165) is 18.0 Å². The monoisotopic (exact) mass is 233 g/mol. The molecule has 2 rings (SSSR count). The molecule has 94 valence electrons. The van der Waals surface area contributed by atoms with Crippen LogP contribution < -0.4 is 0 Å². The molecule has 1 aromatic rings. The Morgan fingerprint density at radius 1 is 1.29 bits per heavy atom. The second-order valence-corrected chi connectivity index (χ2v) is 5.26. The third kappa shape index (κ3) is 3.22. The molecule has 1 saturated heterocycles. The maximum atomic E-state index is 9.84. The second kappa shape index (κ2) is 5.54. The van der Waals surface area contributed by atoms with Gasteiger partial charge >= 0.3 is 0 Å². The topological polar surface area (TPSA) is 23.5 Å². The van der Waals surface area contributed by atoms with Crippen LogP contribution in [0.3, 0.4) is 0 Å². The maximum Gasteiger partial charge on any atom is 0.120 e. The fraction of sp³-hybridized carbons (Fsp3) is 0.600. The molecule has 0 spiro atoms. The fourth-order valence-electron chi connectivity index (χ4n) is 2.63. The average molecular weight is 233 g/mol. The zero-order valence-electron chi connectivity index (χ0n) is 10.9. The first-order valence-electron chi connectivity index (χ1n) is 6.70. The summed E-state index contributed by atoms with van der Waals surface area (Å²) < 4.78 is 0. The van der Waals surface area contributed by atoms with Crippen LogP contribution in [0.1, 0.15) is 37.3 Å². The Morgan fingerprint density at radius 3 is 2.65 bits per heavy atom. The van der Waals surface area contributed by atoms with Crippen LogP contribution in [0, 0.1) is 12.8 Å². The lowest BCUT2D eigenvalue weighted by molar-refractivity contribution is 0.173. The highest BCUT2D eigenvalue weighted by Crippen LogP contribution is 2.24. The summed E-state index contributed by atoms with van der Waals surface area (Å²) in [6, 6.07) is 5.87. The molecule has 0 amide bonds. The van der Waals surface area contributed by atoms with Crippen LogP contribution in [0.5, 0.6) is 5.75 Å². The standard InChI is InChI=1S/C15H23NO/c1-3-13-6-8-16(9-7-13)11-14-10-12(2)4-5-15(14)17/h4-5,10,13,17H,3,6-9,11H2,1-2H3. The SMILES string of the molecule is CCC1CCN(Cc2cc(C)ccc2O)CC1. The van der Waals surface area contributed by atoms with Gasteiger partial charge in [-0.05, 0) is 44.8 Å². The van der Waals surface area contributed by atoms with Crippen molar-refractivity contribution in [3.63, 3.8) is 0 Å². The van der Waals surface area contributed by atoms with Gasteiger partial charge in [0.2, 0.25) is 0 Å². The van der Waals surface area contributed by atoms with Gasteiger partial charge in [0.05, 0.1) is 0 Å². The summed E-state index contributed by atoms with van der Waals surface area (Å²) in [5.41, 5.74) is 2.29. The zero-order chi connectivity index (χ0) is 12.3. The van der Waals surface area contributed by atoms with Crippen molar-refractivity contribution >= 4 is 0 Å². The molecule has 1 N–H and O–H groups in total. The van der Waals surface area contributed by atoms with E-state index in [0.29, 0.717) is 5.75 Å². The van der Waals surface area contributed by atoms with Gasteiger partial charge < -0.3 is 5.11 Å². The van der Waals surface area contributed by atoms with Crippen molar-refractivity contribution in [2.45, 2.75) is 39.7 Å². The van der Waals surface area contributed by atoms with Crippen LogP contribution in [-0.4, -0.2) is 23.1 Å². The molecule has 1 fully saturated rings. The third-order valence-corrected chi connectivity index (χ3v) is 3.91. The van der Waals surface area contributed by atoms with E-state index in [2.05, 4.69) is 24.8 Å². The molecule has 1 aliphatic heterocycles. The summed E-state index contributed by atoms with van der Waals surface area (Å²) in [5.74, 6) is 1.35. The number of hydrogen-bond donors (Lipinski definition) is 1. The number of likely N-dealkylation sites (tertiary alicyclic amines) is 1. The van der Waals surface area contributed by atoms with E-state index in [1.54, 1.807) is 0 Å². The molecule has 0 aliphatic carbocycles. The summed E-state index contributed by atoms with van der Waals surface area (Å²) in [7, 11) is 0. The molecule has 17 heavy (non-hydrogen) atoms. The molecule has 2 nitrogen and oxygen atoms in total. The molecule has 0 aromatic heterocycles. The summed E-state index contributed by atoms with van der Waals surface area (Å²) >= 11 is 0. The molecular weight excluding hydrogens is 210 g/mol. The first-order chi connectivity index (χ1) is 8.19. The van der Waals surface area contributed by atoms with E-state index in [4.69, 9.17) is 0 Å². The average Bonchev–Trinajstić information content (AvgIpc) is 2.35. The first kappa shape index (κ1) is 12.4. The van der Waals surface area contributed by atoms with Gasteiger partial charge in [0.25, 0.3) is 0 Å². The van der Waals surface area contributed by atoms with E-state index < -0.39 is 0 Å². The Balaban J connectivity index is 1.95. The first-order valence-corrected chi connectivity index (χ1v) is 6.70. The van der Waals surface area contributed by atoms with Gasteiger partial charge in [-0.2, -0.15) is 0 Å². The minimum Gasteiger partial charge on any atom is -0.508 e. The zero-order valence-corrected chi connectivity index (χ0v) is 10.9. The second-order valence-electron chi connectivity index (χ2n) is 5.26. The minimum absolute atomic E-state index is 0.438. The van der Waals surface area contributed by atoms with Crippen molar-refractivity contribution in [3.05, 3.63) is 29.3 Å². The van der Waals surface area contributed by atoms with Gasteiger partial charge in [0.1, 0.15) is 5.75 Å². The normalized spacial score (nSPS) is 18.5. The largest absolute Gasteiger partial charge is 0.508 e. The lowest BCUT2D eigenvalue weighted by atomic mass is 9.94. The predicted molar refractivity (Wildman–Crippen MR) is 71.1 cm³/mol. The van der Waals surface area contributed by atoms with Crippen molar-refractivity contribution in [1.29, 1.82) is 0 Å². The van der Waals surface area contributed by atoms with Crippen LogP contribution in [0.2, 0.25) is 0 Å². The van der Waals surface area contributed by atoms with Crippen molar-refractivity contribution in [3.8, 4) is 5.75 Å². The van der Waals surface area contributed by atoms with Crippen LogP contribution >= 0.6 is 0 Å². The van der Waals surface area contributed by atoms with Gasteiger partial charge in [0, 0.05) is 12.1 Å². The minimum atomic E-state index is 0.438. The van der Waals surface area contributed by atoms with E-state index in [9.17, 15) is 5.11 Å². The number of aromatic hydroxyl groups is 1. The van der Waals surface area contributed by atoms with Crippen LogP contribution in [0.15, 0.2) is 18.2 Å². The number of nitrogens with zero attached hydrogens (tertiary/aromatic N) is 1. The Morgan fingerprint density at radius 2 is 2.00 bits per heavy atom. The number of phenols is 1. The summed E-state index contributed by atoms with van der Waals surface area (Å²) in [6.07, 6.45) is 3.93. The quantitative estimate of drug-likeness (QED) is 0.865. The van der Waals surface area contributed by atoms with Crippen molar-refractivity contribution < 1.29 is 5.11 Å². The molecule has 0 saturated carbocycles. The smallest absolute Gasteiger partial charge is 0.120 e. The Labute approximate surface area is 104 Å². The molecule has 2 heteroatoms. The molecule has 1 heterocycles. The highest BCUT2D eigenvalue weighted by atomic mass is 16.3. The van der Waals surface area contributed by atoms with Crippen molar-refractivity contribution in [1.82, 2.24) is 4.90 Å². The molecule has 0 unspecified atom stereocenters. The van der Waals surface area contributed by atoms with Crippen molar-refractivity contribution in [2.24, 2.45) is 5.92 Å². The van der Waals surface area contributed by atoms with Gasteiger partial charge in [-0.25, -0.2) is 0 Å². The van der Waals surface area contributed by atoms with Crippen LogP contribution in [0.25, 0.3) is 0 Å². The van der Waals surface area contributed by atoms with Gasteiger partial charge in [-0.3, -0.25) is 4.90 Å². The van der Waals surface area contributed by atoms with E-state index in [-0.39, 0.29) is 0 Å². The molecule has 1 aliphatic rings. The Hall–Kier alpha value is -1.02. The summed E-state index contributed by atoms with van der Waals surface area (Å²) in [6.45, 7) is 7.60. The lowest BCUT2D eigenvalue weighted by Crippen LogP contribution is -2.33. The molecule has 0 atom stereocenters. The van der Waals surface area contributed by atoms with Gasteiger partial charge in [0.15, 0.2) is 0 Å². The molecule has 0 bridgehead atoms. The van der Waals surface area contributed by atoms with E-state index >= 15 is 0 Å². The Kier molecular flexibility index (Phi) is 4.06. The predicted octanol–water partition coefficient (Wildman–Crippen LogP) is 3.32. The van der Waals surface area contributed by atoms with Crippen molar-refractivity contribution in [2.75, 3.05) is 13.1 Å². The molecule has 1 aromatic carbocycles. The number of hydrogen-bond acceptors (Lipinski definition) is 2. The molecule has 0 radical (unpaired) electrons. The van der Waals surface area contributed by atoms with E-state index in [1.807, 2.05) is 12.1 Å². The van der Waals surface area contributed by atoms with Gasteiger partial charge in [-0.1, -0.05) is 31.0 Å². The maximum absolute atomic E-state index is 9.84. The van der Waals surface area contributed by atoms with Crippen LogP contribution in [0.4, 0.5) is 0 Å². The number of aryl methyl sites for hydroxylation is 1. The highest BCUT2D eigenvalue weighted by molar-refractivity contribution is 5.35.